The third kappa shape index (κ3) is 3.40. The highest BCUT2D eigenvalue weighted by Crippen LogP contribution is 2.31. The molecule has 2 heterocycles. The van der Waals surface area contributed by atoms with Crippen LogP contribution in [0.3, 0.4) is 0 Å². The van der Waals surface area contributed by atoms with Crippen LogP contribution in [0, 0.1) is 17.8 Å². The zero-order chi connectivity index (χ0) is 15.8. The number of carboxylic acids is 1. The monoisotopic (exact) mass is 318 g/mol. The average Bonchev–Trinajstić information content (AvgIpc) is 2.42. The lowest BCUT2D eigenvalue weighted by atomic mass is 9.88. The number of carbonyl (C=O) groups is 1. The number of hydrogen-bond acceptors (Lipinski definition) is 3. The lowest BCUT2D eigenvalue weighted by Gasteiger charge is -2.43. The van der Waals surface area contributed by atoms with Gasteiger partial charge < -0.3 is 5.11 Å². The van der Waals surface area contributed by atoms with Gasteiger partial charge in [-0.05, 0) is 38.0 Å². The summed E-state index contributed by atoms with van der Waals surface area (Å²) in [7, 11) is -3.48. The molecule has 2 aliphatic rings. The van der Waals surface area contributed by atoms with Crippen LogP contribution >= 0.6 is 0 Å². The van der Waals surface area contributed by atoms with E-state index in [1.807, 2.05) is 6.92 Å². The van der Waals surface area contributed by atoms with E-state index in [-0.39, 0.29) is 6.04 Å². The smallest absolute Gasteiger partial charge is 0.306 e. The molecule has 0 radical (unpaired) electrons. The van der Waals surface area contributed by atoms with Crippen LogP contribution in [0.25, 0.3) is 0 Å². The molecule has 0 aromatic carbocycles. The maximum absolute atomic E-state index is 12.8. The Kier molecular flexibility index (Phi) is 4.95. The molecule has 21 heavy (non-hydrogen) atoms. The Bertz CT molecular complexity index is 485. The molecule has 0 amide bonds. The molecule has 3 atom stereocenters. The first-order valence-corrected chi connectivity index (χ1v) is 9.13. The van der Waals surface area contributed by atoms with Gasteiger partial charge in [-0.3, -0.25) is 4.79 Å². The molecule has 7 heteroatoms. The summed E-state index contributed by atoms with van der Waals surface area (Å²) in [5.41, 5.74) is 0. The molecule has 0 aliphatic carbocycles. The molecule has 0 aromatic rings. The second-order valence-electron chi connectivity index (χ2n) is 6.65. The Balaban J connectivity index is 2.09. The highest BCUT2D eigenvalue weighted by molar-refractivity contribution is 7.86. The van der Waals surface area contributed by atoms with E-state index in [2.05, 4.69) is 13.8 Å². The summed E-state index contributed by atoms with van der Waals surface area (Å²) >= 11 is 0. The van der Waals surface area contributed by atoms with Gasteiger partial charge in [0, 0.05) is 25.7 Å². The maximum atomic E-state index is 12.8. The number of carboxylic acid groups (broad SMARTS) is 1. The number of hydrogen-bond donors (Lipinski definition) is 1. The van der Waals surface area contributed by atoms with Crippen LogP contribution in [0.4, 0.5) is 0 Å². The molecule has 0 aromatic heterocycles. The Hall–Kier alpha value is -0.660. The molecule has 0 bridgehead atoms. The summed E-state index contributed by atoms with van der Waals surface area (Å²) < 4.78 is 28.7. The van der Waals surface area contributed by atoms with Gasteiger partial charge in [0.15, 0.2) is 0 Å². The second kappa shape index (κ2) is 6.22. The summed E-state index contributed by atoms with van der Waals surface area (Å²) in [6.45, 7) is 7.34. The molecule has 1 N–H and O–H groups in total. The molecular formula is C14H26N2O4S. The number of aliphatic carboxylic acids is 1. The third-order valence-electron chi connectivity index (χ3n) is 4.97. The van der Waals surface area contributed by atoms with Crippen molar-refractivity contribution in [3.8, 4) is 0 Å². The first-order chi connectivity index (χ1) is 9.73. The third-order valence-corrected chi connectivity index (χ3v) is 7.06. The zero-order valence-corrected chi connectivity index (χ0v) is 13.8. The lowest BCUT2D eigenvalue weighted by Crippen LogP contribution is -2.55. The predicted molar refractivity (Wildman–Crippen MR) is 80.0 cm³/mol. The predicted octanol–water partition coefficient (Wildman–Crippen LogP) is 1.39. The number of nitrogens with zero attached hydrogens (tertiary/aromatic N) is 2. The molecule has 122 valence electrons. The molecule has 2 aliphatic heterocycles. The van der Waals surface area contributed by atoms with Crippen molar-refractivity contribution >= 4 is 16.2 Å². The van der Waals surface area contributed by atoms with Gasteiger partial charge in [0.05, 0.1) is 5.92 Å². The first-order valence-electron chi connectivity index (χ1n) is 7.73. The van der Waals surface area contributed by atoms with Crippen LogP contribution < -0.4 is 0 Å². The SMILES string of the molecule is CC1CC(C)C(C)N(S(=O)(=O)N2CCC(C(=O)O)CC2)C1. The van der Waals surface area contributed by atoms with Crippen molar-refractivity contribution in [1.82, 2.24) is 8.61 Å². The van der Waals surface area contributed by atoms with Crippen molar-refractivity contribution in [2.75, 3.05) is 19.6 Å². The maximum Gasteiger partial charge on any atom is 0.306 e. The van der Waals surface area contributed by atoms with Crippen LogP contribution in [0.1, 0.15) is 40.0 Å². The summed E-state index contributed by atoms with van der Waals surface area (Å²) in [6.07, 6.45) is 1.86. The van der Waals surface area contributed by atoms with Crippen LogP contribution in [0.5, 0.6) is 0 Å². The highest BCUT2D eigenvalue weighted by atomic mass is 32.2. The molecule has 2 saturated heterocycles. The van der Waals surface area contributed by atoms with Crippen molar-refractivity contribution in [1.29, 1.82) is 0 Å². The Labute approximate surface area is 127 Å². The Morgan fingerprint density at radius 1 is 1.14 bits per heavy atom. The van der Waals surface area contributed by atoms with E-state index in [0.29, 0.717) is 44.3 Å². The summed E-state index contributed by atoms with van der Waals surface area (Å²) in [4.78, 5) is 11.0. The normalized spacial score (nSPS) is 34.0. The van der Waals surface area contributed by atoms with Gasteiger partial charge in [-0.15, -0.1) is 0 Å². The van der Waals surface area contributed by atoms with Gasteiger partial charge >= 0.3 is 5.97 Å². The van der Waals surface area contributed by atoms with Gasteiger partial charge in [0.2, 0.25) is 0 Å². The molecule has 2 fully saturated rings. The fourth-order valence-corrected chi connectivity index (χ4v) is 5.49. The van der Waals surface area contributed by atoms with Crippen molar-refractivity contribution in [2.45, 2.75) is 46.1 Å². The molecule has 6 nitrogen and oxygen atoms in total. The topological polar surface area (TPSA) is 77.9 Å². The van der Waals surface area contributed by atoms with E-state index < -0.39 is 22.1 Å². The Morgan fingerprint density at radius 3 is 2.24 bits per heavy atom. The second-order valence-corrected chi connectivity index (χ2v) is 8.53. The van der Waals surface area contributed by atoms with Crippen LogP contribution in [0.15, 0.2) is 0 Å². The van der Waals surface area contributed by atoms with E-state index in [4.69, 9.17) is 5.11 Å². The van der Waals surface area contributed by atoms with Crippen LogP contribution in [0.2, 0.25) is 0 Å². The summed E-state index contributed by atoms with van der Waals surface area (Å²) in [5.74, 6) is -0.517. The number of piperidine rings is 2. The molecule has 2 rings (SSSR count). The van der Waals surface area contributed by atoms with Crippen LogP contribution in [-0.2, 0) is 15.0 Å². The largest absolute Gasteiger partial charge is 0.481 e. The van der Waals surface area contributed by atoms with Crippen molar-refractivity contribution < 1.29 is 18.3 Å². The van der Waals surface area contributed by atoms with E-state index in [0.717, 1.165) is 6.42 Å². The molecule has 0 spiro atoms. The van der Waals surface area contributed by atoms with Crippen molar-refractivity contribution in [2.24, 2.45) is 17.8 Å². The minimum Gasteiger partial charge on any atom is -0.481 e. The minimum absolute atomic E-state index is 0.00315. The standard InChI is InChI=1S/C14H26N2O4S/c1-10-8-11(2)12(3)16(9-10)21(19,20)15-6-4-13(5-7-15)14(17)18/h10-13H,4-9H2,1-3H3,(H,17,18). The Morgan fingerprint density at radius 2 is 1.71 bits per heavy atom. The van der Waals surface area contributed by atoms with Gasteiger partial charge in [0.1, 0.15) is 0 Å². The zero-order valence-electron chi connectivity index (χ0n) is 13.0. The number of rotatable bonds is 3. The van der Waals surface area contributed by atoms with Crippen LogP contribution in [-0.4, -0.2) is 53.8 Å². The average molecular weight is 318 g/mol. The fraction of sp³-hybridized carbons (Fsp3) is 0.929. The van der Waals surface area contributed by atoms with Crippen molar-refractivity contribution in [3.05, 3.63) is 0 Å². The molecular weight excluding hydrogens is 292 g/mol. The quantitative estimate of drug-likeness (QED) is 0.853. The van der Waals surface area contributed by atoms with E-state index in [1.165, 1.54) is 4.31 Å². The van der Waals surface area contributed by atoms with Crippen molar-refractivity contribution in [3.63, 3.8) is 0 Å². The van der Waals surface area contributed by atoms with E-state index >= 15 is 0 Å². The van der Waals surface area contributed by atoms with E-state index in [9.17, 15) is 13.2 Å². The highest BCUT2D eigenvalue weighted by Gasteiger charge is 2.41. The lowest BCUT2D eigenvalue weighted by molar-refractivity contribution is -0.142. The van der Waals surface area contributed by atoms with E-state index in [1.54, 1.807) is 4.31 Å². The minimum atomic E-state index is -3.48. The van der Waals surface area contributed by atoms with Gasteiger partial charge in [-0.2, -0.15) is 17.0 Å². The van der Waals surface area contributed by atoms with Gasteiger partial charge in [0.25, 0.3) is 10.2 Å². The summed E-state index contributed by atoms with van der Waals surface area (Å²) in [6, 6.07) is 0.00315. The fourth-order valence-electron chi connectivity index (χ4n) is 3.45. The molecule has 3 unspecified atom stereocenters. The van der Waals surface area contributed by atoms with Gasteiger partial charge in [-0.25, -0.2) is 0 Å². The first kappa shape index (κ1) is 16.7. The molecule has 0 saturated carbocycles. The van der Waals surface area contributed by atoms with Gasteiger partial charge in [-0.1, -0.05) is 13.8 Å². The summed E-state index contributed by atoms with van der Waals surface area (Å²) in [5, 5.41) is 9.01.